The van der Waals surface area contributed by atoms with Crippen molar-refractivity contribution in [3.05, 3.63) is 34.7 Å². The Morgan fingerprint density at radius 1 is 1.28 bits per heavy atom. The molecule has 0 spiro atoms. The predicted molar refractivity (Wildman–Crippen MR) is 124 cm³/mol. The first-order valence-electron chi connectivity index (χ1n) is 10.2. The molecule has 0 saturated carbocycles. The average molecular weight is 429 g/mol. The van der Waals surface area contributed by atoms with Crippen molar-refractivity contribution in [2.45, 2.75) is 58.7 Å². The number of aromatic nitrogens is 1. The summed E-state index contributed by atoms with van der Waals surface area (Å²) in [7, 11) is 0. The smallest absolute Gasteiger partial charge is 0.226 e. The maximum Gasteiger partial charge on any atom is 0.226 e. The Bertz CT molecular complexity index is 990. The van der Waals surface area contributed by atoms with E-state index in [0.717, 1.165) is 27.5 Å². The summed E-state index contributed by atoms with van der Waals surface area (Å²) in [5.41, 5.74) is 3.47. The van der Waals surface area contributed by atoms with E-state index in [0.29, 0.717) is 25.0 Å². The van der Waals surface area contributed by atoms with E-state index in [-0.39, 0.29) is 11.9 Å². The van der Waals surface area contributed by atoms with Crippen LogP contribution in [0.4, 0.5) is 5.00 Å². The number of hydrogen-bond donors (Lipinski definition) is 3. The van der Waals surface area contributed by atoms with Gasteiger partial charge in [0, 0.05) is 41.5 Å². The normalized spacial score (nSPS) is 18.9. The van der Waals surface area contributed by atoms with Crippen molar-refractivity contribution in [2.75, 3.05) is 11.9 Å². The summed E-state index contributed by atoms with van der Waals surface area (Å²) in [4.78, 5) is 18.9. The number of carbonyl (C=O) groups is 1. The van der Waals surface area contributed by atoms with Crippen LogP contribution in [0.25, 0.3) is 20.8 Å². The fourth-order valence-electron chi connectivity index (χ4n) is 3.86. The average Bonchev–Trinajstić information content (AvgIpc) is 3.22. The second kappa shape index (κ2) is 8.52. The van der Waals surface area contributed by atoms with E-state index in [4.69, 9.17) is 4.98 Å². The van der Waals surface area contributed by atoms with E-state index in [1.54, 1.807) is 22.7 Å². The second-order valence-electron chi connectivity index (χ2n) is 8.04. The van der Waals surface area contributed by atoms with E-state index in [2.05, 4.69) is 55.8 Å². The van der Waals surface area contributed by atoms with Crippen LogP contribution in [0.2, 0.25) is 0 Å². The van der Waals surface area contributed by atoms with Gasteiger partial charge < -0.3 is 16.0 Å². The summed E-state index contributed by atoms with van der Waals surface area (Å²) in [5.74, 6) is 0.0489. The van der Waals surface area contributed by atoms with E-state index < -0.39 is 0 Å². The minimum absolute atomic E-state index is 0.0489. The van der Waals surface area contributed by atoms with Gasteiger partial charge in [-0.05, 0) is 38.0 Å². The number of carbonyl (C=O) groups excluding carboxylic acids is 1. The van der Waals surface area contributed by atoms with Crippen molar-refractivity contribution in [3.8, 4) is 10.6 Å². The number of nitrogens with zero attached hydrogens (tertiary/aromatic N) is 1. The Morgan fingerprint density at radius 2 is 2.07 bits per heavy atom. The van der Waals surface area contributed by atoms with Crippen LogP contribution in [0.15, 0.2) is 24.3 Å². The van der Waals surface area contributed by atoms with Gasteiger partial charge >= 0.3 is 0 Å². The lowest BCUT2D eigenvalue weighted by atomic mass is 9.95. The number of hydrogen-bond acceptors (Lipinski definition) is 6. The lowest BCUT2D eigenvalue weighted by Gasteiger charge is -2.26. The third kappa shape index (κ3) is 4.38. The lowest BCUT2D eigenvalue weighted by molar-refractivity contribution is -0.116. The zero-order valence-electron chi connectivity index (χ0n) is 17.3. The maximum absolute atomic E-state index is 12.6. The lowest BCUT2D eigenvalue weighted by Crippen LogP contribution is -2.35. The minimum Gasteiger partial charge on any atom is -0.317 e. The second-order valence-corrected chi connectivity index (χ2v) is 10.1. The van der Waals surface area contributed by atoms with Gasteiger partial charge in [-0.2, -0.15) is 0 Å². The van der Waals surface area contributed by atoms with Crippen molar-refractivity contribution in [3.63, 3.8) is 0 Å². The molecule has 29 heavy (non-hydrogen) atoms. The molecule has 3 heterocycles. The quantitative estimate of drug-likeness (QED) is 0.520. The minimum atomic E-state index is 0.0489. The molecular formula is C22H28N4OS2. The molecule has 2 atom stereocenters. The summed E-state index contributed by atoms with van der Waals surface area (Å²) in [6, 6.07) is 9.29. The van der Waals surface area contributed by atoms with E-state index in [1.165, 1.54) is 15.1 Å². The molecule has 0 saturated heterocycles. The summed E-state index contributed by atoms with van der Waals surface area (Å²) >= 11 is 3.40. The van der Waals surface area contributed by atoms with Gasteiger partial charge in [-0.3, -0.25) is 4.79 Å². The Morgan fingerprint density at radius 3 is 2.83 bits per heavy atom. The fraction of sp³-hybridized carbons (Fsp3) is 0.455. The van der Waals surface area contributed by atoms with Crippen LogP contribution in [-0.4, -0.2) is 29.5 Å². The van der Waals surface area contributed by atoms with Crippen molar-refractivity contribution in [2.24, 2.45) is 0 Å². The van der Waals surface area contributed by atoms with Crippen molar-refractivity contribution < 1.29 is 4.79 Å². The molecule has 0 aliphatic carbocycles. The van der Waals surface area contributed by atoms with Gasteiger partial charge in [0.1, 0.15) is 10.0 Å². The van der Waals surface area contributed by atoms with Crippen LogP contribution in [0, 0.1) is 0 Å². The molecule has 1 aromatic carbocycles. The number of amides is 1. The molecule has 7 heteroatoms. The number of anilines is 1. The van der Waals surface area contributed by atoms with Crippen LogP contribution < -0.4 is 16.0 Å². The number of thiophene rings is 1. The zero-order chi connectivity index (χ0) is 20.5. The Balaban J connectivity index is 1.70. The number of thiazole rings is 1. The zero-order valence-corrected chi connectivity index (χ0v) is 19.0. The van der Waals surface area contributed by atoms with Crippen molar-refractivity contribution in [1.82, 2.24) is 15.6 Å². The highest BCUT2D eigenvalue weighted by Crippen LogP contribution is 2.47. The highest BCUT2D eigenvalue weighted by Gasteiger charge is 2.30. The van der Waals surface area contributed by atoms with Crippen LogP contribution >= 0.6 is 22.7 Å². The molecule has 4 rings (SSSR count). The Kier molecular flexibility index (Phi) is 6.01. The molecule has 0 radical (unpaired) electrons. The predicted octanol–water partition coefficient (Wildman–Crippen LogP) is 4.95. The van der Waals surface area contributed by atoms with Gasteiger partial charge in [-0.15, -0.1) is 22.7 Å². The van der Waals surface area contributed by atoms with Crippen molar-refractivity contribution >= 4 is 43.8 Å². The Hall–Kier alpha value is -1.80. The van der Waals surface area contributed by atoms with Gasteiger partial charge in [0.15, 0.2) is 0 Å². The summed E-state index contributed by atoms with van der Waals surface area (Å²) in [5, 5.41) is 12.1. The maximum atomic E-state index is 12.6. The molecule has 3 N–H and O–H groups in total. The first-order valence-corrected chi connectivity index (χ1v) is 11.9. The molecule has 1 aliphatic rings. The molecule has 5 nitrogen and oxygen atoms in total. The Labute approximate surface area is 179 Å². The van der Waals surface area contributed by atoms with Crippen LogP contribution in [0.3, 0.4) is 0 Å². The molecule has 154 valence electrons. The third-order valence-corrected chi connectivity index (χ3v) is 7.53. The first-order chi connectivity index (χ1) is 13.9. The SMILES string of the molecule is CC(C)NCCC(=O)Nc1sc2c(c1-c1nc3ccccc3s1)CC(C)NC2C. The van der Waals surface area contributed by atoms with Crippen molar-refractivity contribution in [1.29, 1.82) is 0 Å². The summed E-state index contributed by atoms with van der Waals surface area (Å²) in [6.07, 6.45) is 1.41. The van der Waals surface area contributed by atoms with Crippen LogP contribution in [0.5, 0.6) is 0 Å². The molecule has 0 bridgehead atoms. The third-order valence-electron chi connectivity index (χ3n) is 5.14. The summed E-state index contributed by atoms with van der Waals surface area (Å²) in [6.45, 7) is 9.28. The largest absolute Gasteiger partial charge is 0.317 e. The van der Waals surface area contributed by atoms with Crippen LogP contribution in [0.1, 0.15) is 50.6 Å². The molecule has 3 aromatic rings. The van der Waals surface area contributed by atoms with Gasteiger partial charge in [0.25, 0.3) is 0 Å². The number of para-hydroxylation sites is 1. The number of benzene rings is 1. The number of fused-ring (bicyclic) bond motifs is 2. The van der Waals surface area contributed by atoms with Gasteiger partial charge in [0.2, 0.25) is 5.91 Å². The first kappa shape index (κ1) is 20.5. The summed E-state index contributed by atoms with van der Waals surface area (Å²) < 4.78 is 1.18. The molecule has 2 aromatic heterocycles. The monoisotopic (exact) mass is 428 g/mol. The van der Waals surface area contributed by atoms with Gasteiger partial charge in [0.05, 0.1) is 10.2 Å². The van der Waals surface area contributed by atoms with E-state index >= 15 is 0 Å². The molecular weight excluding hydrogens is 400 g/mol. The molecule has 1 amide bonds. The molecule has 2 unspecified atom stereocenters. The number of nitrogens with one attached hydrogen (secondary N) is 3. The van der Waals surface area contributed by atoms with Gasteiger partial charge in [-0.25, -0.2) is 4.98 Å². The molecule has 1 aliphatic heterocycles. The van der Waals surface area contributed by atoms with Crippen LogP contribution in [-0.2, 0) is 11.2 Å². The van der Waals surface area contributed by atoms with Gasteiger partial charge in [-0.1, -0.05) is 26.0 Å². The highest BCUT2D eigenvalue weighted by molar-refractivity contribution is 7.23. The van der Waals surface area contributed by atoms with E-state index in [9.17, 15) is 4.79 Å². The standard InChI is InChI=1S/C22H28N4OS2/c1-12(2)23-10-9-18(27)26-22-19(15-11-13(3)24-14(4)20(15)29-22)21-25-16-7-5-6-8-17(16)28-21/h5-8,12-14,23-24H,9-11H2,1-4H3,(H,26,27). The molecule has 0 fully saturated rings. The highest BCUT2D eigenvalue weighted by atomic mass is 32.1. The van der Waals surface area contributed by atoms with E-state index in [1.807, 2.05) is 12.1 Å². The number of rotatable bonds is 6. The topological polar surface area (TPSA) is 66.0 Å². The fourth-order valence-corrected chi connectivity index (χ4v) is 6.23.